The number of rotatable bonds is 8. The standard InChI is InChI=1S/C17H20ClN3O5S/c1-3-26-17(23)15-8-14(11-21(15)2)27(24,25)20-10-16(22)19-9-12-4-6-13(18)7-5-12/h4-8,11,20H,3,9-10H2,1-2H3,(H,19,22). The molecule has 0 bridgehead atoms. The van der Waals surface area contributed by atoms with E-state index in [1.165, 1.54) is 23.9 Å². The van der Waals surface area contributed by atoms with Crippen molar-refractivity contribution in [2.24, 2.45) is 7.05 Å². The maximum Gasteiger partial charge on any atom is 0.354 e. The van der Waals surface area contributed by atoms with E-state index >= 15 is 0 Å². The van der Waals surface area contributed by atoms with E-state index in [-0.39, 0.29) is 23.7 Å². The number of carbonyl (C=O) groups excluding carboxylic acids is 2. The smallest absolute Gasteiger partial charge is 0.354 e. The van der Waals surface area contributed by atoms with Crippen molar-refractivity contribution in [3.8, 4) is 0 Å². The van der Waals surface area contributed by atoms with Crippen LogP contribution in [-0.2, 0) is 33.1 Å². The highest BCUT2D eigenvalue weighted by Gasteiger charge is 2.21. The van der Waals surface area contributed by atoms with E-state index in [1.807, 2.05) is 0 Å². The number of ether oxygens (including phenoxy) is 1. The Morgan fingerprint density at radius 1 is 1.22 bits per heavy atom. The number of hydrogen-bond acceptors (Lipinski definition) is 5. The number of esters is 1. The molecule has 0 unspecified atom stereocenters. The summed E-state index contributed by atoms with van der Waals surface area (Å²) in [5.74, 6) is -1.11. The topological polar surface area (TPSA) is 106 Å². The zero-order chi connectivity index (χ0) is 20.0. The predicted octanol–water partition coefficient (Wildman–Crippen LogP) is 1.45. The van der Waals surface area contributed by atoms with Crippen LogP contribution in [0.25, 0.3) is 0 Å². The van der Waals surface area contributed by atoms with Crippen LogP contribution < -0.4 is 10.0 Å². The van der Waals surface area contributed by atoms with Gasteiger partial charge >= 0.3 is 5.97 Å². The lowest BCUT2D eigenvalue weighted by Gasteiger charge is -2.07. The molecule has 0 saturated carbocycles. The average molecular weight is 414 g/mol. The van der Waals surface area contributed by atoms with Gasteiger partial charge in [-0.1, -0.05) is 23.7 Å². The van der Waals surface area contributed by atoms with Gasteiger partial charge in [0.05, 0.1) is 13.2 Å². The maximum atomic E-state index is 12.3. The molecule has 10 heteroatoms. The molecule has 0 atom stereocenters. The summed E-state index contributed by atoms with van der Waals surface area (Å²) >= 11 is 5.79. The highest BCUT2D eigenvalue weighted by Crippen LogP contribution is 2.14. The molecule has 8 nitrogen and oxygen atoms in total. The fraction of sp³-hybridized carbons (Fsp3) is 0.294. The molecule has 1 amide bonds. The second kappa shape index (κ2) is 9.03. The number of halogens is 1. The largest absolute Gasteiger partial charge is 0.461 e. The molecule has 2 N–H and O–H groups in total. The first kappa shape index (κ1) is 20.9. The molecule has 1 heterocycles. The SMILES string of the molecule is CCOC(=O)c1cc(S(=O)(=O)NCC(=O)NCc2ccc(Cl)cc2)cn1C. The molecule has 0 aliphatic rings. The molecule has 27 heavy (non-hydrogen) atoms. The summed E-state index contributed by atoms with van der Waals surface area (Å²) in [4.78, 5) is 23.5. The van der Waals surface area contributed by atoms with Gasteiger partial charge in [-0.05, 0) is 30.7 Å². The van der Waals surface area contributed by atoms with Crippen LogP contribution in [0, 0.1) is 0 Å². The van der Waals surface area contributed by atoms with Crippen molar-refractivity contribution >= 4 is 33.5 Å². The molecule has 0 spiro atoms. The van der Waals surface area contributed by atoms with Crippen molar-refractivity contribution in [2.75, 3.05) is 13.2 Å². The van der Waals surface area contributed by atoms with Crippen molar-refractivity contribution < 1.29 is 22.7 Å². The van der Waals surface area contributed by atoms with Gasteiger partial charge in [-0.3, -0.25) is 4.79 Å². The van der Waals surface area contributed by atoms with Gasteiger partial charge in [0.1, 0.15) is 10.6 Å². The van der Waals surface area contributed by atoms with E-state index in [1.54, 1.807) is 31.2 Å². The van der Waals surface area contributed by atoms with Crippen LogP contribution in [0.3, 0.4) is 0 Å². The van der Waals surface area contributed by atoms with Gasteiger partial charge in [-0.25, -0.2) is 17.9 Å². The first-order valence-corrected chi connectivity index (χ1v) is 9.93. The van der Waals surface area contributed by atoms with Crippen LogP contribution in [0.15, 0.2) is 41.4 Å². The van der Waals surface area contributed by atoms with Gasteiger partial charge in [-0.2, -0.15) is 0 Å². The quantitative estimate of drug-likeness (QED) is 0.637. The second-order valence-corrected chi connectivity index (χ2v) is 7.82. The minimum absolute atomic E-state index is 0.101. The first-order chi connectivity index (χ1) is 12.7. The fourth-order valence-electron chi connectivity index (χ4n) is 2.20. The molecule has 0 aliphatic heterocycles. The summed E-state index contributed by atoms with van der Waals surface area (Å²) in [5.41, 5.74) is 0.933. The third-order valence-corrected chi connectivity index (χ3v) is 5.22. The summed E-state index contributed by atoms with van der Waals surface area (Å²) in [7, 11) is -2.42. The Balaban J connectivity index is 1.94. The van der Waals surface area contributed by atoms with Crippen molar-refractivity contribution in [3.63, 3.8) is 0 Å². The molecule has 1 aromatic heterocycles. The molecule has 146 valence electrons. The van der Waals surface area contributed by atoms with Gasteiger partial charge in [0.25, 0.3) is 0 Å². The number of hydrogen-bond donors (Lipinski definition) is 2. The first-order valence-electron chi connectivity index (χ1n) is 8.07. The molecule has 1 aromatic carbocycles. The van der Waals surface area contributed by atoms with Crippen LogP contribution in [0.4, 0.5) is 0 Å². The Labute approximate surface area is 162 Å². The summed E-state index contributed by atoms with van der Waals surface area (Å²) in [6, 6.07) is 8.11. The molecular weight excluding hydrogens is 394 g/mol. The lowest BCUT2D eigenvalue weighted by atomic mass is 10.2. The van der Waals surface area contributed by atoms with Crippen molar-refractivity contribution in [2.45, 2.75) is 18.4 Å². The van der Waals surface area contributed by atoms with Crippen molar-refractivity contribution in [3.05, 3.63) is 52.8 Å². The number of amides is 1. The number of carbonyl (C=O) groups is 2. The molecule has 2 aromatic rings. The maximum absolute atomic E-state index is 12.3. The minimum Gasteiger partial charge on any atom is -0.461 e. The Bertz CT molecular complexity index is 923. The Hall–Kier alpha value is -2.36. The molecule has 2 rings (SSSR count). The molecule has 0 radical (unpaired) electrons. The Kier molecular flexibility index (Phi) is 7.00. The van der Waals surface area contributed by atoms with Gasteiger partial charge < -0.3 is 14.6 Å². The lowest BCUT2D eigenvalue weighted by molar-refractivity contribution is -0.120. The highest BCUT2D eigenvalue weighted by atomic mass is 35.5. The number of aryl methyl sites for hydroxylation is 1. The second-order valence-electron chi connectivity index (χ2n) is 5.62. The normalized spacial score (nSPS) is 11.2. The van der Waals surface area contributed by atoms with Crippen LogP contribution in [-0.4, -0.2) is 38.0 Å². The van der Waals surface area contributed by atoms with Crippen molar-refractivity contribution in [1.29, 1.82) is 0 Å². The summed E-state index contributed by atoms with van der Waals surface area (Å²) in [6.07, 6.45) is 1.28. The summed E-state index contributed by atoms with van der Waals surface area (Å²) in [5, 5.41) is 3.19. The van der Waals surface area contributed by atoms with E-state index in [0.29, 0.717) is 5.02 Å². The van der Waals surface area contributed by atoms with E-state index in [0.717, 1.165) is 5.56 Å². The number of nitrogens with one attached hydrogen (secondary N) is 2. The summed E-state index contributed by atoms with van der Waals surface area (Å²) < 4.78 is 33.1. The number of benzene rings is 1. The van der Waals surface area contributed by atoms with Gasteiger partial charge in [0.15, 0.2) is 0 Å². The number of aromatic nitrogens is 1. The Morgan fingerprint density at radius 2 is 1.89 bits per heavy atom. The zero-order valence-electron chi connectivity index (χ0n) is 14.9. The van der Waals surface area contributed by atoms with Gasteiger partial charge in [0.2, 0.25) is 15.9 Å². The molecule has 0 saturated heterocycles. The van der Waals surface area contributed by atoms with E-state index in [4.69, 9.17) is 16.3 Å². The number of sulfonamides is 1. The van der Waals surface area contributed by atoms with Gasteiger partial charge in [-0.15, -0.1) is 0 Å². The molecule has 0 aliphatic carbocycles. The molecule has 0 fully saturated rings. The Morgan fingerprint density at radius 3 is 2.52 bits per heavy atom. The molecular formula is C17H20ClN3O5S. The van der Waals surface area contributed by atoms with E-state index in [9.17, 15) is 18.0 Å². The highest BCUT2D eigenvalue weighted by molar-refractivity contribution is 7.89. The third-order valence-electron chi connectivity index (χ3n) is 3.60. The lowest BCUT2D eigenvalue weighted by Crippen LogP contribution is -2.36. The zero-order valence-corrected chi connectivity index (χ0v) is 16.4. The average Bonchev–Trinajstić information content (AvgIpc) is 3.02. The van der Waals surface area contributed by atoms with Crippen LogP contribution in [0.1, 0.15) is 23.0 Å². The number of nitrogens with zero attached hydrogens (tertiary/aromatic N) is 1. The van der Waals surface area contributed by atoms with Crippen LogP contribution in [0.5, 0.6) is 0 Å². The van der Waals surface area contributed by atoms with Crippen LogP contribution in [0.2, 0.25) is 5.02 Å². The fourth-order valence-corrected chi connectivity index (χ4v) is 3.38. The van der Waals surface area contributed by atoms with E-state index in [2.05, 4.69) is 10.0 Å². The summed E-state index contributed by atoms with van der Waals surface area (Å²) in [6.45, 7) is 1.65. The van der Waals surface area contributed by atoms with Crippen LogP contribution >= 0.6 is 11.6 Å². The van der Waals surface area contributed by atoms with Gasteiger partial charge in [0, 0.05) is 24.8 Å². The monoisotopic (exact) mass is 413 g/mol. The predicted molar refractivity (Wildman–Crippen MR) is 99.9 cm³/mol. The van der Waals surface area contributed by atoms with Crippen molar-refractivity contribution in [1.82, 2.24) is 14.6 Å². The van der Waals surface area contributed by atoms with E-state index < -0.39 is 28.4 Å². The third kappa shape index (κ3) is 5.81. The minimum atomic E-state index is -3.95.